The lowest BCUT2D eigenvalue weighted by molar-refractivity contribution is 1.06. The lowest BCUT2D eigenvalue weighted by atomic mass is 10.1. The highest BCUT2D eigenvalue weighted by molar-refractivity contribution is 5.64. The molecule has 3 nitrogen and oxygen atoms in total. The number of aryl methyl sites for hydroxylation is 1. The predicted molar refractivity (Wildman–Crippen MR) is 74.5 cm³/mol. The molecule has 3 heteroatoms. The number of hydrogen-bond acceptors (Lipinski definition) is 2. The topological polar surface area (TPSA) is 30.2 Å². The fourth-order valence-electron chi connectivity index (χ4n) is 1.87. The van der Waals surface area contributed by atoms with Gasteiger partial charge in [-0.15, -0.1) is 0 Å². The molecule has 3 aromatic rings. The fourth-order valence-corrected chi connectivity index (χ4v) is 1.87. The second-order valence-electron chi connectivity index (χ2n) is 3.70. The summed E-state index contributed by atoms with van der Waals surface area (Å²) >= 11 is 0. The summed E-state index contributed by atoms with van der Waals surface area (Å²) in [4.78, 5) is 8.77. The monoisotopic (exact) mass is 239 g/mol. The lowest BCUT2D eigenvalue weighted by Gasteiger charge is -1.97. The van der Waals surface area contributed by atoms with Gasteiger partial charge >= 0.3 is 0 Å². The zero-order chi connectivity index (χ0) is 13.0. The first kappa shape index (κ1) is 12.3. The van der Waals surface area contributed by atoms with Crippen molar-refractivity contribution in [2.45, 2.75) is 20.8 Å². The SMILES string of the molecule is CC.Cc1c(-c2ccccc2)nc2ncccn12. The van der Waals surface area contributed by atoms with E-state index in [-0.39, 0.29) is 0 Å². The van der Waals surface area contributed by atoms with Crippen molar-refractivity contribution in [1.82, 2.24) is 14.4 Å². The van der Waals surface area contributed by atoms with Crippen LogP contribution in [0.4, 0.5) is 0 Å². The maximum atomic E-state index is 4.53. The number of hydrogen-bond donors (Lipinski definition) is 0. The molecule has 0 fully saturated rings. The Hall–Kier alpha value is -2.16. The number of aromatic nitrogens is 3. The molecule has 0 amide bonds. The maximum absolute atomic E-state index is 4.53. The van der Waals surface area contributed by atoms with Crippen molar-refractivity contribution in [2.75, 3.05) is 0 Å². The van der Waals surface area contributed by atoms with Crippen LogP contribution in [0.2, 0.25) is 0 Å². The van der Waals surface area contributed by atoms with Crippen LogP contribution in [0.25, 0.3) is 17.0 Å². The molecule has 0 atom stereocenters. The Morgan fingerprint density at radius 3 is 2.39 bits per heavy atom. The number of imidazole rings is 1. The van der Waals surface area contributed by atoms with Crippen LogP contribution in [0.5, 0.6) is 0 Å². The minimum Gasteiger partial charge on any atom is -0.288 e. The molecule has 2 heterocycles. The molecule has 2 aromatic heterocycles. The standard InChI is InChI=1S/C13H11N3.C2H6/c1-10-12(11-6-3-2-4-7-11)15-13-14-8-5-9-16(10)13;1-2/h2-9H,1H3;1-2H3. The molecule has 0 saturated heterocycles. The normalized spacial score (nSPS) is 9.94. The van der Waals surface area contributed by atoms with Gasteiger partial charge in [0, 0.05) is 23.7 Å². The zero-order valence-electron chi connectivity index (χ0n) is 11.0. The molecule has 18 heavy (non-hydrogen) atoms. The van der Waals surface area contributed by atoms with Gasteiger partial charge in [-0.05, 0) is 13.0 Å². The van der Waals surface area contributed by atoms with Crippen molar-refractivity contribution >= 4 is 5.78 Å². The molecular weight excluding hydrogens is 222 g/mol. The Labute approximate surface area is 107 Å². The highest BCUT2D eigenvalue weighted by atomic mass is 15.1. The van der Waals surface area contributed by atoms with Crippen molar-refractivity contribution in [3.05, 3.63) is 54.5 Å². The molecule has 0 bridgehead atoms. The number of benzene rings is 1. The van der Waals surface area contributed by atoms with Gasteiger partial charge in [0.1, 0.15) is 0 Å². The van der Waals surface area contributed by atoms with Crippen molar-refractivity contribution in [3.8, 4) is 11.3 Å². The zero-order valence-corrected chi connectivity index (χ0v) is 11.0. The Bertz CT molecular complexity index is 627. The van der Waals surface area contributed by atoms with E-state index in [4.69, 9.17) is 0 Å². The second-order valence-corrected chi connectivity index (χ2v) is 3.70. The van der Waals surface area contributed by atoms with Gasteiger partial charge in [0.25, 0.3) is 0 Å². The van der Waals surface area contributed by atoms with Gasteiger partial charge in [0.15, 0.2) is 0 Å². The first-order valence-corrected chi connectivity index (χ1v) is 6.21. The largest absolute Gasteiger partial charge is 0.288 e. The summed E-state index contributed by atoms with van der Waals surface area (Å²) in [5.41, 5.74) is 3.25. The van der Waals surface area contributed by atoms with E-state index in [0.717, 1.165) is 22.7 Å². The number of fused-ring (bicyclic) bond motifs is 1. The summed E-state index contributed by atoms with van der Waals surface area (Å²) in [6.45, 7) is 6.06. The number of nitrogens with zero attached hydrogens (tertiary/aromatic N) is 3. The Morgan fingerprint density at radius 1 is 1.00 bits per heavy atom. The van der Waals surface area contributed by atoms with Crippen LogP contribution in [0, 0.1) is 6.92 Å². The molecule has 0 saturated carbocycles. The predicted octanol–water partition coefficient (Wildman–Crippen LogP) is 3.73. The van der Waals surface area contributed by atoms with Crippen LogP contribution in [-0.2, 0) is 0 Å². The fraction of sp³-hybridized carbons (Fsp3) is 0.200. The number of rotatable bonds is 1. The Kier molecular flexibility index (Phi) is 3.72. The molecule has 0 aliphatic carbocycles. The van der Waals surface area contributed by atoms with Crippen LogP contribution in [-0.4, -0.2) is 14.4 Å². The van der Waals surface area contributed by atoms with E-state index in [1.165, 1.54) is 0 Å². The van der Waals surface area contributed by atoms with Crippen molar-refractivity contribution < 1.29 is 0 Å². The van der Waals surface area contributed by atoms with E-state index in [0.29, 0.717) is 0 Å². The third-order valence-electron chi connectivity index (χ3n) is 2.69. The lowest BCUT2D eigenvalue weighted by Crippen LogP contribution is -1.88. The third-order valence-corrected chi connectivity index (χ3v) is 2.69. The van der Waals surface area contributed by atoms with Gasteiger partial charge in [-0.3, -0.25) is 4.40 Å². The molecule has 92 valence electrons. The minimum absolute atomic E-state index is 0.749. The van der Waals surface area contributed by atoms with E-state index in [1.54, 1.807) is 6.20 Å². The summed E-state index contributed by atoms with van der Waals surface area (Å²) in [6.07, 6.45) is 3.74. The van der Waals surface area contributed by atoms with Gasteiger partial charge in [-0.1, -0.05) is 44.2 Å². The van der Waals surface area contributed by atoms with Crippen LogP contribution in [0.1, 0.15) is 19.5 Å². The minimum atomic E-state index is 0.749. The van der Waals surface area contributed by atoms with Crippen LogP contribution >= 0.6 is 0 Å². The van der Waals surface area contributed by atoms with Crippen LogP contribution in [0.3, 0.4) is 0 Å². The van der Waals surface area contributed by atoms with Crippen LogP contribution < -0.4 is 0 Å². The average Bonchev–Trinajstić information content (AvgIpc) is 2.80. The molecular formula is C15H17N3. The highest BCUT2D eigenvalue weighted by Crippen LogP contribution is 2.22. The Balaban J connectivity index is 0.000000574. The average molecular weight is 239 g/mol. The molecule has 0 spiro atoms. The van der Waals surface area contributed by atoms with E-state index >= 15 is 0 Å². The Morgan fingerprint density at radius 2 is 1.72 bits per heavy atom. The first-order chi connectivity index (χ1) is 8.86. The summed E-state index contributed by atoms with van der Waals surface area (Å²) in [7, 11) is 0. The molecule has 0 radical (unpaired) electrons. The summed E-state index contributed by atoms with van der Waals surface area (Å²) < 4.78 is 2.00. The van der Waals surface area contributed by atoms with Gasteiger partial charge in [-0.2, -0.15) is 0 Å². The molecule has 0 aliphatic rings. The van der Waals surface area contributed by atoms with Crippen LogP contribution in [0.15, 0.2) is 48.8 Å². The van der Waals surface area contributed by atoms with Gasteiger partial charge in [-0.25, -0.2) is 9.97 Å². The van der Waals surface area contributed by atoms with Crippen molar-refractivity contribution in [3.63, 3.8) is 0 Å². The molecule has 0 N–H and O–H groups in total. The highest BCUT2D eigenvalue weighted by Gasteiger charge is 2.09. The van der Waals surface area contributed by atoms with E-state index in [1.807, 2.05) is 48.7 Å². The van der Waals surface area contributed by atoms with E-state index in [9.17, 15) is 0 Å². The second kappa shape index (κ2) is 5.45. The van der Waals surface area contributed by atoms with Crippen molar-refractivity contribution in [2.24, 2.45) is 0 Å². The van der Waals surface area contributed by atoms with Gasteiger partial charge in [0.05, 0.1) is 5.69 Å². The molecule has 1 aromatic carbocycles. The maximum Gasteiger partial charge on any atom is 0.234 e. The summed E-state index contributed by atoms with van der Waals surface area (Å²) in [5, 5.41) is 0. The van der Waals surface area contributed by atoms with E-state index < -0.39 is 0 Å². The third kappa shape index (κ3) is 2.12. The molecule has 0 unspecified atom stereocenters. The molecule has 0 aliphatic heterocycles. The van der Waals surface area contributed by atoms with Gasteiger partial charge in [0.2, 0.25) is 5.78 Å². The van der Waals surface area contributed by atoms with Gasteiger partial charge < -0.3 is 0 Å². The summed E-state index contributed by atoms with van der Waals surface area (Å²) in [6, 6.07) is 12.1. The first-order valence-electron chi connectivity index (χ1n) is 6.21. The van der Waals surface area contributed by atoms with E-state index in [2.05, 4.69) is 29.0 Å². The smallest absolute Gasteiger partial charge is 0.234 e. The summed E-state index contributed by atoms with van der Waals surface area (Å²) in [5.74, 6) is 0.749. The molecule has 3 rings (SSSR count). The van der Waals surface area contributed by atoms with Crippen molar-refractivity contribution in [1.29, 1.82) is 0 Å². The quantitative estimate of drug-likeness (QED) is 0.647.